The van der Waals surface area contributed by atoms with E-state index in [9.17, 15) is 9.59 Å². The van der Waals surface area contributed by atoms with Crippen LogP contribution in [0.5, 0.6) is 0 Å². The highest BCUT2D eigenvalue weighted by Crippen LogP contribution is 2.34. The summed E-state index contributed by atoms with van der Waals surface area (Å²) in [5.41, 5.74) is 1.15. The second kappa shape index (κ2) is 12.4. The summed E-state index contributed by atoms with van der Waals surface area (Å²) in [6, 6.07) is 9.78. The molecule has 1 aromatic rings. The second-order valence-electron chi connectivity index (χ2n) is 11.3. The van der Waals surface area contributed by atoms with E-state index in [0.29, 0.717) is 30.4 Å². The lowest BCUT2D eigenvalue weighted by molar-refractivity contribution is -0.160. The second-order valence-corrected chi connectivity index (χ2v) is 11.3. The van der Waals surface area contributed by atoms with Crippen molar-refractivity contribution in [3.8, 4) is 6.07 Å². The van der Waals surface area contributed by atoms with E-state index in [2.05, 4.69) is 6.07 Å². The molecular formula is C29H42N2O3. The predicted molar refractivity (Wildman–Crippen MR) is 134 cm³/mol. The molecule has 2 saturated carbocycles. The largest absolute Gasteiger partial charge is 0.459 e. The third kappa shape index (κ3) is 8.15. The molecule has 186 valence electrons. The maximum atomic E-state index is 14.1. The highest BCUT2D eigenvalue weighted by atomic mass is 16.6. The first-order valence-electron chi connectivity index (χ1n) is 13.2. The minimum atomic E-state index is -0.568. The number of carbonyl (C=O) groups is 2. The minimum absolute atomic E-state index is 0.0309. The first-order valence-corrected chi connectivity index (χ1v) is 13.2. The molecule has 2 fully saturated rings. The van der Waals surface area contributed by atoms with E-state index < -0.39 is 5.60 Å². The van der Waals surface area contributed by atoms with E-state index in [-0.39, 0.29) is 24.3 Å². The van der Waals surface area contributed by atoms with Gasteiger partial charge >= 0.3 is 5.97 Å². The topological polar surface area (TPSA) is 70.4 Å². The van der Waals surface area contributed by atoms with Crippen molar-refractivity contribution in [1.82, 2.24) is 4.90 Å². The van der Waals surface area contributed by atoms with Crippen LogP contribution in [0.2, 0.25) is 0 Å². The van der Waals surface area contributed by atoms with E-state index in [4.69, 9.17) is 10.00 Å². The molecule has 1 amide bonds. The Morgan fingerprint density at radius 1 is 1.00 bits per heavy atom. The molecule has 1 aromatic carbocycles. The molecule has 0 radical (unpaired) electrons. The van der Waals surface area contributed by atoms with Crippen LogP contribution in [0, 0.1) is 29.1 Å². The molecule has 0 bridgehead atoms. The van der Waals surface area contributed by atoms with Gasteiger partial charge in [0.2, 0.25) is 5.91 Å². The lowest BCUT2D eigenvalue weighted by Gasteiger charge is -2.36. The quantitative estimate of drug-likeness (QED) is 0.437. The van der Waals surface area contributed by atoms with Gasteiger partial charge in [0.15, 0.2) is 0 Å². The number of esters is 1. The first-order chi connectivity index (χ1) is 16.2. The summed E-state index contributed by atoms with van der Waals surface area (Å²) in [6.07, 6.45) is 12.3. The van der Waals surface area contributed by atoms with Crippen LogP contribution in [-0.4, -0.2) is 35.5 Å². The van der Waals surface area contributed by atoms with Crippen molar-refractivity contribution in [3.63, 3.8) is 0 Å². The lowest BCUT2D eigenvalue weighted by atomic mass is 9.76. The standard InChI is InChI=1S/C29H42N2O3/c1-29(2,3)34-27(32)21-31(20-24-10-6-4-7-11-24)28(33)26(25-12-8-5-9-13-25)18-22-14-16-23(19-30)17-15-22/h14-17,24-26H,4-13,18,20-21H2,1-3H3/t26-/m0/s1. The summed E-state index contributed by atoms with van der Waals surface area (Å²) in [7, 11) is 0. The van der Waals surface area contributed by atoms with Gasteiger partial charge in [-0.2, -0.15) is 5.26 Å². The van der Waals surface area contributed by atoms with E-state index in [0.717, 1.165) is 44.1 Å². The molecular weight excluding hydrogens is 424 g/mol. The van der Waals surface area contributed by atoms with Crippen LogP contribution in [0.15, 0.2) is 24.3 Å². The number of carbonyl (C=O) groups excluding carboxylic acids is 2. The molecule has 3 rings (SSSR count). The van der Waals surface area contributed by atoms with Crippen LogP contribution in [-0.2, 0) is 20.7 Å². The molecule has 0 saturated heterocycles. The summed E-state index contributed by atoms with van der Waals surface area (Å²) in [5.74, 6) is 0.441. The summed E-state index contributed by atoms with van der Waals surface area (Å²) in [5, 5.41) is 9.14. The summed E-state index contributed by atoms with van der Waals surface area (Å²) in [6.45, 7) is 6.29. The number of rotatable bonds is 8. The highest BCUT2D eigenvalue weighted by Gasteiger charge is 2.35. The van der Waals surface area contributed by atoms with Crippen LogP contribution in [0.25, 0.3) is 0 Å². The monoisotopic (exact) mass is 466 g/mol. The predicted octanol–water partition coefficient (Wildman–Crippen LogP) is 6.05. The molecule has 34 heavy (non-hydrogen) atoms. The SMILES string of the molecule is CC(C)(C)OC(=O)CN(CC1CCCCC1)C(=O)[C@@H](Cc1ccc(C#N)cc1)C1CCCCC1. The van der Waals surface area contributed by atoms with Gasteiger partial charge in [-0.1, -0.05) is 50.7 Å². The number of nitrogens with zero attached hydrogens (tertiary/aromatic N) is 2. The fourth-order valence-electron chi connectivity index (χ4n) is 5.64. The molecule has 0 aliphatic heterocycles. The van der Waals surface area contributed by atoms with Gasteiger partial charge in [0.05, 0.1) is 11.6 Å². The fraction of sp³-hybridized carbons (Fsp3) is 0.690. The number of ether oxygens (including phenoxy) is 1. The Kier molecular flexibility index (Phi) is 9.56. The Bertz CT molecular complexity index is 838. The number of amides is 1. The number of hydrogen-bond acceptors (Lipinski definition) is 4. The van der Waals surface area contributed by atoms with Crippen molar-refractivity contribution < 1.29 is 14.3 Å². The van der Waals surface area contributed by atoms with Gasteiger partial charge in [0.25, 0.3) is 0 Å². The van der Waals surface area contributed by atoms with Gasteiger partial charge in [0, 0.05) is 12.5 Å². The normalized spacial score (nSPS) is 18.6. The Balaban J connectivity index is 1.82. The van der Waals surface area contributed by atoms with Crippen molar-refractivity contribution in [2.45, 2.75) is 97.0 Å². The molecule has 0 N–H and O–H groups in total. The smallest absolute Gasteiger partial charge is 0.326 e. The Hall–Kier alpha value is -2.35. The molecule has 0 spiro atoms. The van der Waals surface area contributed by atoms with E-state index in [1.165, 1.54) is 25.7 Å². The Labute approximate surface area is 205 Å². The van der Waals surface area contributed by atoms with Crippen LogP contribution < -0.4 is 0 Å². The molecule has 5 heteroatoms. The van der Waals surface area contributed by atoms with Gasteiger partial charge in [-0.15, -0.1) is 0 Å². The van der Waals surface area contributed by atoms with Gasteiger partial charge < -0.3 is 9.64 Å². The van der Waals surface area contributed by atoms with Crippen molar-refractivity contribution in [2.75, 3.05) is 13.1 Å². The zero-order valence-corrected chi connectivity index (χ0v) is 21.4. The minimum Gasteiger partial charge on any atom is -0.459 e. The number of hydrogen-bond donors (Lipinski definition) is 0. The first kappa shape index (κ1) is 26.3. The maximum Gasteiger partial charge on any atom is 0.326 e. The van der Waals surface area contributed by atoms with Crippen molar-refractivity contribution >= 4 is 11.9 Å². The summed E-state index contributed by atoms with van der Waals surface area (Å²) < 4.78 is 5.61. The highest BCUT2D eigenvalue weighted by molar-refractivity contribution is 5.84. The Morgan fingerprint density at radius 2 is 1.59 bits per heavy atom. The fourth-order valence-corrected chi connectivity index (χ4v) is 5.64. The third-order valence-electron chi connectivity index (χ3n) is 7.33. The molecule has 0 aromatic heterocycles. The Morgan fingerprint density at radius 3 is 2.15 bits per heavy atom. The molecule has 0 heterocycles. The van der Waals surface area contributed by atoms with E-state index in [1.54, 1.807) is 0 Å². The summed E-state index contributed by atoms with van der Waals surface area (Å²) in [4.78, 5) is 28.7. The molecule has 5 nitrogen and oxygen atoms in total. The molecule has 0 unspecified atom stereocenters. The van der Waals surface area contributed by atoms with Crippen LogP contribution >= 0.6 is 0 Å². The lowest BCUT2D eigenvalue weighted by Crippen LogP contribution is -2.46. The van der Waals surface area contributed by atoms with Gasteiger partial charge in [-0.25, -0.2) is 0 Å². The molecule has 1 atom stereocenters. The van der Waals surface area contributed by atoms with Gasteiger partial charge in [0.1, 0.15) is 12.1 Å². The number of nitriles is 1. The number of benzene rings is 1. The zero-order valence-electron chi connectivity index (χ0n) is 21.4. The molecule has 2 aliphatic rings. The van der Waals surface area contributed by atoms with Crippen molar-refractivity contribution in [3.05, 3.63) is 35.4 Å². The van der Waals surface area contributed by atoms with E-state index in [1.807, 2.05) is 49.9 Å². The maximum absolute atomic E-state index is 14.1. The average molecular weight is 467 g/mol. The zero-order chi connectivity index (χ0) is 24.6. The van der Waals surface area contributed by atoms with E-state index >= 15 is 0 Å². The molecule has 2 aliphatic carbocycles. The average Bonchev–Trinajstić information content (AvgIpc) is 2.82. The van der Waals surface area contributed by atoms with Gasteiger partial charge in [-0.05, 0) is 82.4 Å². The van der Waals surface area contributed by atoms with Crippen LogP contribution in [0.3, 0.4) is 0 Å². The summed E-state index contributed by atoms with van der Waals surface area (Å²) >= 11 is 0. The van der Waals surface area contributed by atoms with Crippen LogP contribution in [0.4, 0.5) is 0 Å². The van der Waals surface area contributed by atoms with Crippen molar-refractivity contribution in [2.24, 2.45) is 17.8 Å². The third-order valence-corrected chi connectivity index (χ3v) is 7.33. The van der Waals surface area contributed by atoms with Gasteiger partial charge in [-0.3, -0.25) is 9.59 Å². The van der Waals surface area contributed by atoms with Crippen LogP contribution in [0.1, 0.15) is 96.1 Å². The van der Waals surface area contributed by atoms with Crippen molar-refractivity contribution in [1.29, 1.82) is 5.26 Å².